The fourth-order valence-corrected chi connectivity index (χ4v) is 1.26. The summed E-state index contributed by atoms with van der Waals surface area (Å²) in [6.07, 6.45) is 2.43. The third-order valence-electron chi connectivity index (χ3n) is 1.91. The minimum Gasteiger partial charge on any atom is -0.332 e. The van der Waals surface area contributed by atoms with Crippen molar-refractivity contribution in [2.45, 2.75) is 19.4 Å². The van der Waals surface area contributed by atoms with E-state index in [-0.39, 0.29) is 6.04 Å². The zero-order chi connectivity index (χ0) is 10.8. The Morgan fingerprint density at radius 1 is 1.60 bits per heavy atom. The molecule has 6 nitrogen and oxygen atoms in total. The molecule has 0 saturated carbocycles. The molecular weight excluding hydrogens is 194 g/mol. The summed E-state index contributed by atoms with van der Waals surface area (Å²) in [5.74, 6) is 1.05. The molecule has 1 unspecified atom stereocenters. The quantitative estimate of drug-likeness (QED) is 0.785. The van der Waals surface area contributed by atoms with Crippen LogP contribution >= 0.6 is 0 Å². The van der Waals surface area contributed by atoms with Crippen molar-refractivity contribution in [3.8, 4) is 11.6 Å². The van der Waals surface area contributed by atoms with Crippen molar-refractivity contribution >= 4 is 0 Å². The predicted octanol–water partition coefficient (Wildman–Crippen LogP) is 0.360. The summed E-state index contributed by atoms with van der Waals surface area (Å²) in [7, 11) is 1.84. The van der Waals surface area contributed by atoms with Gasteiger partial charge in [0.1, 0.15) is 0 Å². The van der Waals surface area contributed by atoms with Crippen LogP contribution in [0.15, 0.2) is 16.8 Å². The van der Waals surface area contributed by atoms with Crippen LogP contribution in [-0.4, -0.2) is 26.0 Å². The average molecular weight is 207 g/mol. The van der Waals surface area contributed by atoms with Gasteiger partial charge in [0.05, 0.1) is 0 Å². The van der Waals surface area contributed by atoms with Gasteiger partial charge in [0, 0.05) is 25.7 Å². The van der Waals surface area contributed by atoms with Crippen LogP contribution in [0.4, 0.5) is 0 Å². The molecule has 80 valence electrons. The van der Waals surface area contributed by atoms with Crippen molar-refractivity contribution in [3.63, 3.8) is 0 Å². The Hall–Kier alpha value is -1.69. The van der Waals surface area contributed by atoms with Crippen LogP contribution in [-0.2, 0) is 13.5 Å². The standard InChI is InChI=1S/C9H13N5O/c1-6(10)5-8-11-9(15-13-8)7-3-4-14(2)12-7/h3-4,6H,5,10H2,1-2H3. The van der Waals surface area contributed by atoms with E-state index in [9.17, 15) is 0 Å². The van der Waals surface area contributed by atoms with Gasteiger partial charge in [-0.25, -0.2) is 0 Å². The van der Waals surface area contributed by atoms with Crippen molar-refractivity contribution < 1.29 is 4.52 Å². The van der Waals surface area contributed by atoms with E-state index in [1.807, 2.05) is 26.2 Å². The highest BCUT2D eigenvalue weighted by atomic mass is 16.5. The Balaban J connectivity index is 2.20. The molecule has 15 heavy (non-hydrogen) atoms. The third kappa shape index (κ3) is 2.21. The van der Waals surface area contributed by atoms with Gasteiger partial charge in [0.25, 0.3) is 5.89 Å². The largest absolute Gasteiger partial charge is 0.332 e. The number of nitrogens with two attached hydrogens (primary N) is 1. The summed E-state index contributed by atoms with van der Waals surface area (Å²) >= 11 is 0. The molecule has 2 aromatic rings. The van der Waals surface area contributed by atoms with Gasteiger partial charge in [-0.1, -0.05) is 5.16 Å². The minimum atomic E-state index is 0.0270. The molecule has 2 aromatic heterocycles. The second kappa shape index (κ2) is 3.82. The first kappa shape index (κ1) is 9.85. The fourth-order valence-electron chi connectivity index (χ4n) is 1.26. The molecule has 0 bridgehead atoms. The fraction of sp³-hybridized carbons (Fsp3) is 0.444. The number of aryl methyl sites for hydroxylation is 1. The minimum absolute atomic E-state index is 0.0270. The lowest BCUT2D eigenvalue weighted by atomic mass is 10.2. The summed E-state index contributed by atoms with van der Waals surface area (Å²) in [6, 6.07) is 1.85. The molecule has 6 heteroatoms. The topological polar surface area (TPSA) is 82.8 Å². The van der Waals surface area contributed by atoms with E-state index in [0.717, 1.165) is 0 Å². The first-order valence-corrected chi connectivity index (χ1v) is 4.73. The number of hydrogen-bond acceptors (Lipinski definition) is 5. The van der Waals surface area contributed by atoms with Crippen LogP contribution in [0, 0.1) is 0 Å². The van der Waals surface area contributed by atoms with Crippen LogP contribution < -0.4 is 5.73 Å². The van der Waals surface area contributed by atoms with Crippen molar-refractivity contribution in [2.24, 2.45) is 12.8 Å². The van der Waals surface area contributed by atoms with Crippen LogP contribution in [0.3, 0.4) is 0 Å². The molecule has 0 saturated heterocycles. The molecule has 0 amide bonds. The molecule has 0 aliphatic heterocycles. The molecule has 2 rings (SSSR count). The molecule has 0 aromatic carbocycles. The normalized spacial score (nSPS) is 13.0. The number of rotatable bonds is 3. The molecule has 1 atom stereocenters. The van der Waals surface area contributed by atoms with Crippen molar-refractivity contribution in [2.75, 3.05) is 0 Å². The van der Waals surface area contributed by atoms with Gasteiger partial charge in [0.15, 0.2) is 11.5 Å². The highest BCUT2D eigenvalue weighted by molar-refractivity contribution is 5.44. The second-order valence-electron chi connectivity index (χ2n) is 3.57. The SMILES string of the molecule is CC(N)Cc1noc(-c2ccn(C)n2)n1. The van der Waals surface area contributed by atoms with Gasteiger partial charge in [-0.2, -0.15) is 10.1 Å². The lowest BCUT2D eigenvalue weighted by Gasteiger charge is -1.96. The Kier molecular flexibility index (Phi) is 2.51. The maximum atomic E-state index is 5.64. The molecule has 2 N–H and O–H groups in total. The van der Waals surface area contributed by atoms with E-state index in [4.69, 9.17) is 10.3 Å². The van der Waals surface area contributed by atoms with Crippen molar-refractivity contribution in [1.29, 1.82) is 0 Å². The molecule has 0 aliphatic carbocycles. The molecule has 0 radical (unpaired) electrons. The summed E-state index contributed by atoms with van der Waals surface area (Å²) < 4.78 is 6.76. The van der Waals surface area contributed by atoms with Gasteiger partial charge in [0.2, 0.25) is 0 Å². The first-order chi connectivity index (χ1) is 7.15. The monoisotopic (exact) mass is 207 g/mol. The number of hydrogen-bond donors (Lipinski definition) is 1. The van der Waals surface area contributed by atoms with Crippen LogP contribution in [0.1, 0.15) is 12.7 Å². The van der Waals surface area contributed by atoms with E-state index in [1.165, 1.54) is 0 Å². The molecular formula is C9H13N5O. The third-order valence-corrected chi connectivity index (χ3v) is 1.91. The summed E-state index contributed by atoms with van der Waals surface area (Å²) in [4.78, 5) is 4.20. The van der Waals surface area contributed by atoms with E-state index in [1.54, 1.807) is 4.68 Å². The summed E-state index contributed by atoms with van der Waals surface area (Å²) in [5.41, 5.74) is 6.32. The van der Waals surface area contributed by atoms with E-state index in [0.29, 0.717) is 23.8 Å². The Bertz CT molecular complexity index is 445. The number of nitrogens with zero attached hydrogens (tertiary/aromatic N) is 4. The number of aromatic nitrogens is 4. The second-order valence-corrected chi connectivity index (χ2v) is 3.57. The average Bonchev–Trinajstić information content (AvgIpc) is 2.72. The lowest BCUT2D eigenvalue weighted by Crippen LogP contribution is -2.18. The zero-order valence-electron chi connectivity index (χ0n) is 8.71. The highest BCUT2D eigenvalue weighted by Crippen LogP contribution is 2.13. The van der Waals surface area contributed by atoms with Gasteiger partial charge in [-0.15, -0.1) is 0 Å². The van der Waals surface area contributed by atoms with E-state index >= 15 is 0 Å². The van der Waals surface area contributed by atoms with E-state index in [2.05, 4.69) is 15.2 Å². The predicted molar refractivity (Wildman–Crippen MR) is 53.9 cm³/mol. The highest BCUT2D eigenvalue weighted by Gasteiger charge is 2.11. The zero-order valence-corrected chi connectivity index (χ0v) is 8.71. The Labute approximate surface area is 87.1 Å². The van der Waals surface area contributed by atoms with Crippen LogP contribution in [0.2, 0.25) is 0 Å². The molecule has 0 fully saturated rings. The Morgan fingerprint density at radius 3 is 3.00 bits per heavy atom. The van der Waals surface area contributed by atoms with Gasteiger partial charge >= 0.3 is 0 Å². The smallest absolute Gasteiger partial charge is 0.278 e. The van der Waals surface area contributed by atoms with Gasteiger partial charge < -0.3 is 10.3 Å². The first-order valence-electron chi connectivity index (χ1n) is 4.73. The van der Waals surface area contributed by atoms with Crippen LogP contribution in [0.25, 0.3) is 11.6 Å². The van der Waals surface area contributed by atoms with Crippen molar-refractivity contribution in [3.05, 3.63) is 18.1 Å². The van der Waals surface area contributed by atoms with E-state index < -0.39 is 0 Å². The molecule has 2 heterocycles. The lowest BCUT2D eigenvalue weighted by molar-refractivity contribution is 0.419. The van der Waals surface area contributed by atoms with Crippen LogP contribution in [0.5, 0.6) is 0 Å². The Morgan fingerprint density at radius 2 is 2.40 bits per heavy atom. The molecule has 0 aliphatic rings. The van der Waals surface area contributed by atoms with Gasteiger partial charge in [-0.3, -0.25) is 4.68 Å². The summed E-state index contributed by atoms with van der Waals surface area (Å²) in [6.45, 7) is 1.90. The summed E-state index contributed by atoms with van der Waals surface area (Å²) in [5, 5.41) is 7.99. The maximum absolute atomic E-state index is 5.64. The van der Waals surface area contributed by atoms with Crippen molar-refractivity contribution in [1.82, 2.24) is 19.9 Å². The maximum Gasteiger partial charge on any atom is 0.278 e. The molecule has 0 spiro atoms. The van der Waals surface area contributed by atoms with Gasteiger partial charge in [-0.05, 0) is 13.0 Å².